The maximum absolute atomic E-state index is 12.1. The summed E-state index contributed by atoms with van der Waals surface area (Å²) in [7, 11) is -3.58. The Balaban J connectivity index is 2.92. The second-order valence-corrected chi connectivity index (χ2v) is 6.44. The first-order valence-corrected chi connectivity index (χ1v) is 8.46. The average Bonchev–Trinajstić information content (AvgIpc) is 2.43. The quantitative estimate of drug-likeness (QED) is 0.647. The Labute approximate surface area is 125 Å². The van der Waals surface area contributed by atoms with Gasteiger partial charge in [0, 0.05) is 13.1 Å². The molecule has 0 aromatic heterocycles. The van der Waals surface area contributed by atoms with Crippen LogP contribution in [0.2, 0.25) is 0 Å². The fourth-order valence-corrected chi connectivity index (χ4v) is 3.23. The van der Waals surface area contributed by atoms with Gasteiger partial charge in [-0.2, -0.15) is 0 Å². The lowest BCUT2D eigenvalue weighted by atomic mass is 10.0. The van der Waals surface area contributed by atoms with E-state index < -0.39 is 21.9 Å². The third-order valence-electron chi connectivity index (χ3n) is 3.04. The first kappa shape index (κ1) is 17.5. The SMILES string of the molecule is CCCC(CNc1ccccc1S(=O)(=O)NCC)C(=O)O. The van der Waals surface area contributed by atoms with Crippen LogP contribution in [-0.2, 0) is 14.8 Å². The van der Waals surface area contributed by atoms with E-state index in [1.807, 2.05) is 6.92 Å². The van der Waals surface area contributed by atoms with Gasteiger partial charge in [0.2, 0.25) is 10.0 Å². The standard InChI is InChI=1S/C14H22N2O4S/c1-3-7-11(14(17)18)10-15-12-8-5-6-9-13(12)21(19,20)16-4-2/h5-6,8-9,11,15-16H,3-4,7,10H2,1-2H3,(H,17,18). The lowest BCUT2D eigenvalue weighted by Crippen LogP contribution is -2.26. The number of carboxylic acids is 1. The van der Waals surface area contributed by atoms with Crippen LogP contribution in [0.1, 0.15) is 26.7 Å². The van der Waals surface area contributed by atoms with Crippen LogP contribution in [0.15, 0.2) is 29.2 Å². The van der Waals surface area contributed by atoms with E-state index in [1.54, 1.807) is 25.1 Å². The molecule has 21 heavy (non-hydrogen) atoms. The molecule has 0 aliphatic carbocycles. The predicted molar refractivity (Wildman–Crippen MR) is 81.8 cm³/mol. The highest BCUT2D eigenvalue weighted by atomic mass is 32.2. The highest BCUT2D eigenvalue weighted by Crippen LogP contribution is 2.21. The van der Waals surface area contributed by atoms with Crippen molar-refractivity contribution in [1.29, 1.82) is 0 Å². The lowest BCUT2D eigenvalue weighted by molar-refractivity contribution is -0.141. The summed E-state index contributed by atoms with van der Waals surface area (Å²) < 4.78 is 26.6. The second kappa shape index (κ2) is 7.99. The Morgan fingerprint density at radius 1 is 1.29 bits per heavy atom. The molecule has 1 rings (SSSR count). The molecule has 6 nitrogen and oxygen atoms in total. The van der Waals surface area contributed by atoms with Crippen LogP contribution in [0.3, 0.4) is 0 Å². The van der Waals surface area contributed by atoms with E-state index in [0.717, 1.165) is 6.42 Å². The van der Waals surface area contributed by atoms with E-state index >= 15 is 0 Å². The van der Waals surface area contributed by atoms with E-state index in [1.165, 1.54) is 6.07 Å². The monoisotopic (exact) mass is 314 g/mol. The zero-order chi connectivity index (χ0) is 15.9. The van der Waals surface area contributed by atoms with Crippen LogP contribution in [0, 0.1) is 5.92 Å². The third-order valence-corrected chi connectivity index (χ3v) is 4.64. The Morgan fingerprint density at radius 3 is 2.52 bits per heavy atom. The smallest absolute Gasteiger partial charge is 0.308 e. The molecule has 0 radical (unpaired) electrons. The van der Waals surface area contributed by atoms with Gasteiger partial charge in [-0.05, 0) is 18.6 Å². The molecular formula is C14H22N2O4S. The lowest BCUT2D eigenvalue weighted by Gasteiger charge is -2.16. The molecule has 0 bridgehead atoms. The molecule has 3 N–H and O–H groups in total. The molecule has 1 aromatic rings. The van der Waals surface area contributed by atoms with Gasteiger partial charge in [-0.1, -0.05) is 32.4 Å². The topological polar surface area (TPSA) is 95.5 Å². The van der Waals surface area contributed by atoms with Crippen LogP contribution < -0.4 is 10.0 Å². The number of para-hydroxylation sites is 1. The summed E-state index contributed by atoms with van der Waals surface area (Å²) in [6.07, 6.45) is 1.31. The maximum Gasteiger partial charge on any atom is 0.308 e. The van der Waals surface area contributed by atoms with Gasteiger partial charge >= 0.3 is 5.97 Å². The third kappa shape index (κ3) is 5.02. The highest BCUT2D eigenvalue weighted by molar-refractivity contribution is 7.89. The fourth-order valence-electron chi connectivity index (χ4n) is 2.01. The van der Waals surface area contributed by atoms with Crippen molar-refractivity contribution in [2.75, 3.05) is 18.4 Å². The summed E-state index contributed by atoms with van der Waals surface area (Å²) in [5.41, 5.74) is 0.417. The molecule has 0 amide bonds. The van der Waals surface area contributed by atoms with Crippen LogP contribution in [-0.4, -0.2) is 32.6 Å². The maximum atomic E-state index is 12.1. The number of rotatable bonds is 9. The largest absolute Gasteiger partial charge is 0.481 e. The van der Waals surface area contributed by atoms with Crippen LogP contribution in [0.5, 0.6) is 0 Å². The van der Waals surface area contributed by atoms with Gasteiger partial charge in [-0.3, -0.25) is 4.79 Å². The number of nitrogens with one attached hydrogen (secondary N) is 2. The summed E-state index contributed by atoms with van der Waals surface area (Å²) in [5.74, 6) is -1.42. The number of hydrogen-bond acceptors (Lipinski definition) is 4. The Hall–Kier alpha value is -1.60. The molecule has 0 spiro atoms. The van der Waals surface area contributed by atoms with Crippen molar-refractivity contribution in [3.8, 4) is 0 Å². The van der Waals surface area contributed by atoms with Crippen molar-refractivity contribution in [3.05, 3.63) is 24.3 Å². The minimum atomic E-state index is -3.58. The van der Waals surface area contributed by atoms with E-state index in [0.29, 0.717) is 18.7 Å². The van der Waals surface area contributed by atoms with Crippen molar-refractivity contribution >= 4 is 21.7 Å². The zero-order valence-electron chi connectivity index (χ0n) is 12.3. The molecule has 1 atom stereocenters. The van der Waals surface area contributed by atoms with Crippen molar-refractivity contribution in [2.24, 2.45) is 5.92 Å². The minimum Gasteiger partial charge on any atom is -0.481 e. The zero-order valence-corrected chi connectivity index (χ0v) is 13.1. The molecule has 0 saturated carbocycles. The van der Waals surface area contributed by atoms with E-state index in [4.69, 9.17) is 5.11 Å². The van der Waals surface area contributed by atoms with Gasteiger partial charge in [0.1, 0.15) is 4.90 Å². The highest BCUT2D eigenvalue weighted by Gasteiger charge is 2.20. The van der Waals surface area contributed by atoms with Crippen molar-refractivity contribution in [3.63, 3.8) is 0 Å². The first-order valence-electron chi connectivity index (χ1n) is 6.97. The molecule has 118 valence electrons. The number of carbonyl (C=O) groups is 1. The van der Waals surface area contributed by atoms with Crippen LogP contribution in [0.4, 0.5) is 5.69 Å². The van der Waals surface area contributed by atoms with Gasteiger partial charge in [-0.15, -0.1) is 0 Å². The van der Waals surface area contributed by atoms with Gasteiger partial charge in [0.05, 0.1) is 11.6 Å². The Morgan fingerprint density at radius 2 is 1.95 bits per heavy atom. The molecule has 0 fully saturated rings. The molecule has 0 aliphatic heterocycles. The van der Waals surface area contributed by atoms with E-state index in [9.17, 15) is 13.2 Å². The average molecular weight is 314 g/mol. The Kier molecular flexibility index (Phi) is 6.64. The normalized spacial score (nSPS) is 12.9. The molecule has 7 heteroatoms. The number of sulfonamides is 1. The van der Waals surface area contributed by atoms with E-state index in [2.05, 4.69) is 10.0 Å². The Bertz CT molecular complexity index is 572. The van der Waals surface area contributed by atoms with E-state index in [-0.39, 0.29) is 11.4 Å². The van der Waals surface area contributed by atoms with Crippen LogP contribution in [0.25, 0.3) is 0 Å². The number of anilines is 1. The first-order chi connectivity index (χ1) is 9.92. The number of carboxylic acid groups (broad SMARTS) is 1. The second-order valence-electron chi connectivity index (χ2n) is 4.70. The summed E-state index contributed by atoms with van der Waals surface area (Å²) in [5, 5.41) is 12.1. The van der Waals surface area contributed by atoms with Crippen molar-refractivity contribution in [2.45, 2.75) is 31.6 Å². The predicted octanol–water partition coefficient (Wildman–Crippen LogP) is 1.90. The van der Waals surface area contributed by atoms with Crippen LogP contribution >= 0.6 is 0 Å². The molecule has 1 aromatic carbocycles. The molecular weight excluding hydrogens is 292 g/mol. The molecule has 0 saturated heterocycles. The van der Waals surface area contributed by atoms with Gasteiger partial charge in [0.15, 0.2) is 0 Å². The summed E-state index contributed by atoms with van der Waals surface area (Å²) in [6.45, 7) is 4.11. The minimum absolute atomic E-state index is 0.132. The molecule has 0 heterocycles. The van der Waals surface area contributed by atoms with Crippen molar-refractivity contribution in [1.82, 2.24) is 4.72 Å². The summed E-state index contributed by atoms with van der Waals surface area (Å²) >= 11 is 0. The van der Waals surface area contributed by atoms with Gasteiger partial charge in [0.25, 0.3) is 0 Å². The van der Waals surface area contributed by atoms with Gasteiger partial charge in [-0.25, -0.2) is 13.1 Å². The molecule has 1 unspecified atom stereocenters. The number of hydrogen-bond donors (Lipinski definition) is 3. The summed E-state index contributed by atoms with van der Waals surface area (Å²) in [4.78, 5) is 11.3. The van der Waals surface area contributed by atoms with Gasteiger partial charge < -0.3 is 10.4 Å². The fraction of sp³-hybridized carbons (Fsp3) is 0.500. The molecule has 0 aliphatic rings. The number of benzene rings is 1. The summed E-state index contributed by atoms with van der Waals surface area (Å²) in [6, 6.07) is 6.48. The van der Waals surface area contributed by atoms with Crippen molar-refractivity contribution < 1.29 is 18.3 Å². The number of aliphatic carboxylic acids is 1.